The highest BCUT2D eigenvalue weighted by Crippen LogP contribution is 2.19. The van der Waals surface area contributed by atoms with Gasteiger partial charge in [-0.1, -0.05) is 54.6 Å². The highest BCUT2D eigenvalue weighted by atomic mass is 16.5. The lowest BCUT2D eigenvalue weighted by atomic mass is 10.0. The molecule has 0 aliphatic heterocycles. The Kier molecular flexibility index (Phi) is 5.78. The quantitative estimate of drug-likeness (QED) is 0.824. The largest absolute Gasteiger partial charge is 0.385 e. The molecule has 0 fully saturated rings. The molecule has 106 valence electrons. The smallest absolute Gasteiger partial charge is 0.0476 e. The molecular weight excluding hydrogens is 246 g/mol. The van der Waals surface area contributed by atoms with Crippen molar-refractivity contribution in [3.05, 3.63) is 60.2 Å². The van der Waals surface area contributed by atoms with Crippen LogP contribution in [0.15, 0.2) is 54.6 Å². The molecule has 2 aromatic carbocycles. The Balaban J connectivity index is 1.89. The minimum absolute atomic E-state index is 0.476. The molecule has 20 heavy (non-hydrogen) atoms. The van der Waals surface area contributed by atoms with Crippen LogP contribution in [0.5, 0.6) is 0 Å². The minimum Gasteiger partial charge on any atom is -0.385 e. The summed E-state index contributed by atoms with van der Waals surface area (Å²) in [7, 11) is 1.75. The molecule has 2 heteroatoms. The van der Waals surface area contributed by atoms with Crippen LogP contribution in [0.1, 0.15) is 18.9 Å². The van der Waals surface area contributed by atoms with E-state index in [0.717, 1.165) is 19.6 Å². The molecule has 0 aliphatic rings. The van der Waals surface area contributed by atoms with Crippen LogP contribution < -0.4 is 5.32 Å². The van der Waals surface area contributed by atoms with Gasteiger partial charge in [-0.25, -0.2) is 0 Å². The zero-order valence-electron chi connectivity index (χ0n) is 12.3. The average molecular weight is 269 g/mol. The summed E-state index contributed by atoms with van der Waals surface area (Å²) in [5, 5.41) is 3.51. The zero-order valence-corrected chi connectivity index (χ0v) is 12.3. The van der Waals surface area contributed by atoms with E-state index >= 15 is 0 Å². The first-order valence-electron chi connectivity index (χ1n) is 7.16. The summed E-state index contributed by atoms with van der Waals surface area (Å²) in [6.07, 6.45) is 1.04. The van der Waals surface area contributed by atoms with Gasteiger partial charge in [0.25, 0.3) is 0 Å². The van der Waals surface area contributed by atoms with Crippen LogP contribution in [0.25, 0.3) is 11.1 Å². The van der Waals surface area contributed by atoms with Crippen molar-refractivity contribution in [3.8, 4) is 11.1 Å². The van der Waals surface area contributed by atoms with Gasteiger partial charge in [0.05, 0.1) is 0 Å². The highest BCUT2D eigenvalue weighted by molar-refractivity contribution is 5.63. The van der Waals surface area contributed by atoms with E-state index in [2.05, 4.69) is 60.8 Å². The first kappa shape index (κ1) is 14.8. The van der Waals surface area contributed by atoms with Crippen molar-refractivity contribution in [2.75, 3.05) is 13.7 Å². The summed E-state index contributed by atoms with van der Waals surface area (Å²) < 4.78 is 5.09. The van der Waals surface area contributed by atoms with Crippen LogP contribution in [-0.2, 0) is 11.3 Å². The fourth-order valence-electron chi connectivity index (χ4n) is 2.13. The first-order chi connectivity index (χ1) is 9.79. The van der Waals surface area contributed by atoms with Crippen LogP contribution in [0.4, 0.5) is 0 Å². The molecule has 1 atom stereocenters. The molecule has 0 saturated heterocycles. The first-order valence-corrected chi connectivity index (χ1v) is 7.16. The van der Waals surface area contributed by atoms with Gasteiger partial charge >= 0.3 is 0 Å². The topological polar surface area (TPSA) is 21.3 Å². The molecule has 1 unspecified atom stereocenters. The summed E-state index contributed by atoms with van der Waals surface area (Å²) in [5.41, 5.74) is 3.84. The predicted octanol–water partition coefficient (Wildman–Crippen LogP) is 3.87. The maximum Gasteiger partial charge on any atom is 0.0476 e. The van der Waals surface area contributed by atoms with Crippen molar-refractivity contribution < 1.29 is 4.74 Å². The SMILES string of the molecule is COCCC(C)NCc1ccc(-c2ccccc2)cc1. The molecule has 2 nitrogen and oxygen atoms in total. The van der Waals surface area contributed by atoms with Crippen molar-refractivity contribution in [2.24, 2.45) is 0 Å². The normalized spacial score (nSPS) is 12.3. The standard InChI is InChI=1S/C18H23NO/c1-15(12-13-20-2)19-14-16-8-10-18(11-9-16)17-6-4-3-5-7-17/h3-11,15,19H,12-14H2,1-2H3. The molecule has 0 spiro atoms. The number of ether oxygens (including phenoxy) is 1. The Hall–Kier alpha value is -1.64. The Morgan fingerprint density at radius 2 is 1.60 bits per heavy atom. The van der Waals surface area contributed by atoms with Gasteiger partial charge in [0.15, 0.2) is 0 Å². The van der Waals surface area contributed by atoms with Crippen molar-refractivity contribution >= 4 is 0 Å². The van der Waals surface area contributed by atoms with Crippen LogP contribution in [0, 0.1) is 0 Å². The van der Waals surface area contributed by atoms with Crippen LogP contribution in [0.3, 0.4) is 0 Å². The lowest BCUT2D eigenvalue weighted by Gasteiger charge is -2.13. The van der Waals surface area contributed by atoms with Crippen molar-refractivity contribution in [1.82, 2.24) is 5.32 Å². The molecule has 0 aromatic heterocycles. The van der Waals surface area contributed by atoms with E-state index < -0.39 is 0 Å². The lowest BCUT2D eigenvalue weighted by Crippen LogP contribution is -2.26. The van der Waals surface area contributed by atoms with E-state index in [1.807, 2.05) is 6.07 Å². The van der Waals surface area contributed by atoms with E-state index in [1.165, 1.54) is 16.7 Å². The molecule has 0 heterocycles. The summed E-state index contributed by atoms with van der Waals surface area (Å²) >= 11 is 0. The van der Waals surface area contributed by atoms with Crippen molar-refractivity contribution in [3.63, 3.8) is 0 Å². The molecular formula is C18H23NO. The number of benzene rings is 2. The van der Waals surface area contributed by atoms with Gasteiger partial charge in [-0.3, -0.25) is 0 Å². The van der Waals surface area contributed by atoms with E-state index in [4.69, 9.17) is 4.74 Å². The predicted molar refractivity (Wildman–Crippen MR) is 84.7 cm³/mol. The maximum atomic E-state index is 5.09. The maximum absolute atomic E-state index is 5.09. The van der Waals surface area contributed by atoms with Gasteiger partial charge in [-0.15, -0.1) is 0 Å². The number of nitrogens with one attached hydrogen (secondary N) is 1. The number of hydrogen-bond acceptors (Lipinski definition) is 2. The molecule has 0 bridgehead atoms. The number of methoxy groups -OCH3 is 1. The molecule has 2 rings (SSSR count). The lowest BCUT2D eigenvalue weighted by molar-refractivity contribution is 0.184. The highest BCUT2D eigenvalue weighted by Gasteiger charge is 2.02. The van der Waals surface area contributed by atoms with Gasteiger partial charge in [0.2, 0.25) is 0 Å². The fraction of sp³-hybridized carbons (Fsp3) is 0.333. The monoisotopic (exact) mass is 269 g/mol. The van der Waals surface area contributed by atoms with Crippen LogP contribution in [-0.4, -0.2) is 19.8 Å². The second-order valence-electron chi connectivity index (χ2n) is 5.13. The van der Waals surface area contributed by atoms with Crippen LogP contribution >= 0.6 is 0 Å². The Morgan fingerprint density at radius 1 is 0.950 bits per heavy atom. The summed E-state index contributed by atoms with van der Waals surface area (Å²) in [4.78, 5) is 0. The number of hydrogen-bond donors (Lipinski definition) is 1. The van der Waals surface area contributed by atoms with Gasteiger partial charge in [0, 0.05) is 26.3 Å². The minimum atomic E-state index is 0.476. The van der Waals surface area contributed by atoms with E-state index in [9.17, 15) is 0 Å². The molecule has 2 aromatic rings. The Bertz CT molecular complexity index is 493. The Labute approximate surface area is 121 Å². The van der Waals surface area contributed by atoms with E-state index in [0.29, 0.717) is 6.04 Å². The summed E-state index contributed by atoms with van der Waals surface area (Å²) in [5.74, 6) is 0. The third-order valence-corrected chi connectivity index (χ3v) is 3.47. The molecule has 0 aliphatic carbocycles. The second kappa shape index (κ2) is 7.83. The van der Waals surface area contributed by atoms with E-state index in [1.54, 1.807) is 7.11 Å². The summed E-state index contributed by atoms with van der Waals surface area (Å²) in [6, 6.07) is 19.7. The second-order valence-corrected chi connectivity index (χ2v) is 5.13. The molecule has 0 amide bonds. The van der Waals surface area contributed by atoms with Crippen molar-refractivity contribution in [1.29, 1.82) is 0 Å². The summed E-state index contributed by atoms with van der Waals surface area (Å²) in [6.45, 7) is 3.90. The van der Waals surface area contributed by atoms with Crippen molar-refractivity contribution in [2.45, 2.75) is 25.9 Å². The van der Waals surface area contributed by atoms with E-state index in [-0.39, 0.29) is 0 Å². The third-order valence-electron chi connectivity index (χ3n) is 3.47. The molecule has 1 N–H and O–H groups in total. The molecule has 0 radical (unpaired) electrons. The third kappa shape index (κ3) is 4.48. The Morgan fingerprint density at radius 3 is 2.25 bits per heavy atom. The van der Waals surface area contributed by atoms with Gasteiger partial charge in [0.1, 0.15) is 0 Å². The number of rotatable bonds is 7. The van der Waals surface area contributed by atoms with Crippen LogP contribution in [0.2, 0.25) is 0 Å². The van der Waals surface area contributed by atoms with Gasteiger partial charge < -0.3 is 10.1 Å². The van der Waals surface area contributed by atoms with Gasteiger partial charge in [-0.05, 0) is 30.0 Å². The zero-order chi connectivity index (χ0) is 14.2. The average Bonchev–Trinajstić information content (AvgIpc) is 2.52. The fourth-order valence-corrected chi connectivity index (χ4v) is 2.13. The van der Waals surface area contributed by atoms with Gasteiger partial charge in [-0.2, -0.15) is 0 Å². The molecule has 0 saturated carbocycles.